The normalized spacial score (nSPS) is 32.6. The number of Topliss-reactive ketones (excluding diaryl/α,β-unsaturated/α-hetero) is 1. The number of hydrogen-bond acceptors (Lipinski definition) is 3. The molecule has 58 valence electrons. The largest absolute Gasteiger partial charge is 0.315 e. The molecule has 0 spiro atoms. The van der Waals surface area contributed by atoms with Gasteiger partial charge in [-0.25, -0.2) is 0 Å². The average molecular weight is 142 g/mol. The summed E-state index contributed by atoms with van der Waals surface area (Å²) in [6, 6.07) is 0.345. The van der Waals surface area contributed by atoms with Crippen LogP contribution < -0.4 is 10.6 Å². The molecule has 1 aliphatic heterocycles. The van der Waals surface area contributed by atoms with Crippen LogP contribution in [0.3, 0.4) is 0 Å². The first kappa shape index (κ1) is 7.69. The molecule has 0 aromatic carbocycles. The van der Waals surface area contributed by atoms with E-state index >= 15 is 0 Å². The summed E-state index contributed by atoms with van der Waals surface area (Å²) < 4.78 is 0. The highest BCUT2D eigenvalue weighted by atomic mass is 16.1. The Morgan fingerprint density at radius 1 is 1.60 bits per heavy atom. The van der Waals surface area contributed by atoms with Gasteiger partial charge in [-0.3, -0.25) is 4.79 Å². The van der Waals surface area contributed by atoms with Crippen molar-refractivity contribution >= 4 is 5.78 Å². The van der Waals surface area contributed by atoms with Gasteiger partial charge in [0.1, 0.15) is 5.78 Å². The molecule has 10 heavy (non-hydrogen) atoms. The molecule has 0 saturated carbocycles. The minimum absolute atomic E-state index is 0.185. The molecule has 0 aromatic rings. The Balaban J connectivity index is 2.50. The number of carbonyl (C=O) groups excluding carboxylic acids is 1. The van der Waals surface area contributed by atoms with Gasteiger partial charge in [0.25, 0.3) is 0 Å². The van der Waals surface area contributed by atoms with Gasteiger partial charge >= 0.3 is 0 Å². The third kappa shape index (κ3) is 1.36. The predicted octanol–water partition coefficient (Wildman–Crippen LogP) is -0.617. The van der Waals surface area contributed by atoms with Gasteiger partial charge in [0.05, 0.1) is 0 Å². The summed E-state index contributed by atoms with van der Waals surface area (Å²) in [5, 5.41) is 6.28. The quantitative estimate of drug-likeness (QED) is 0.540. The van der Waals surface area contributed by atoms with Crippen LogP contribution in [0, 0.1) is 5.92 Å². The van der Waals surface area contributed by atoms with Crippen molar-refractivity contribution in [1.29, 1.82) is 0 Å². The van der Waals surface area contributed by atoms with Crippen molar-refractivity contribution < 1.29 is 4.79 Å². The van der Waals surface area contributed by atoms with Gasteiger partial charge in [-0.05, 0) is 14.0 Å². The number of likely N-dealkylation sites (N-methyl/N-ethyl adjacent to an activating group) is 1. The molecule has 0 amide bonds. The van der Waals surface area contributed by atoms with Crippen molar-refractivity contribution in [1.82, 2.24) is 10.6 Å². The summed E-state index contributed by atoms with van der Waals surface area (Å²) in [5.74, 6) is 0.467. The zero-order valence-electron chi connectivity index (χ0n) is 6.48. The fourth-order valence-electron chi connectivity index (χ4n) is 1.41. The van der Waals surface area contributed by atoms with Crippen LogP contribution in [-0.4, -0.2) is 32.0 Å². The molecular formula is C7H14N2O. The van der Waals surface area contributed by atoms with Crippen LogP contribution in [0.5, 0.6) is 0 Å². The molecule has 3 nitrogen and oxygen atoms in total. The number of nitrogens with one attached hydrogen (secondary N) is 2. The molecule has 1 aliphatic rings. The number of ketones is 1. The second-order valence-corrected chi connectivity index (χ2v) is 2.77. The van der Waals surface area contributed by atoms with Gasteiger partial charge in [0, 0.05) is 25.0 Å². The van der Waals surface area contributed by atoms with Crippen molar-refractivity contribution in [2.45, 2.75) is 13.0 Å². The minimum atomic E-state index is 0.185. The van der Waals surface area contributed by atoms with Crippen LogP contribution in [0.4, 0.5) is 0 Å². The molecular weight excluding hydrogens is 128 g/mol. The second-order valence-electron chi connectivity index (χ2n) is 2.77. The van der Waals surface area contributed by atoms with Crippen LogP contribution >= 0.6 is 0 Å². The SMILES string of the molecule is CN[C@H]1CNC[C@@H]1C(C)=O. The van der Waals surface area contributed by atoms with E-state index < -0.39 is 0 Å². The smallest absolute Gasteiger partial charge is 0.135 e. The van der Waals surface area contributed by atoms with Crippen molar-refractivity contribution in [3.8, 4) is 0 Å². The standard InChI is InChI=1S/C7H14N2O/c1-5(10)6-3-9-4-7(6)8-2/h6-9H,3-4H2,1-2H3/t6-,7+/m1/s1. The van der Waals surface area contributed by atoms with E-state index in [0.717, 1.165) is 13.1 Å². The van der Waals surface area contributed by atoms with E-state index in [1.165, 1.54) is 0 Å². The lowest BCUT2D eigenvalue weighted by molar-refractivity contribution is -0.120. The zero-order chi connectivity index (χ0) is 7.56. The van der Waals surface area contributed by atoms with Gasteiger partial charge in [-0.15, -0.1) is 0 Å². The third-order valence-electron chi connectivity index (χ3n) is 2.11. The molecule has 1 rings (SSSR count). The highest BCUT2D eigenvalue weighted by molar-refractivity contribution is 5.79. The van der Waals surface area contributed by atoms with E-state index in [2.05, 4.69) is 10.6 Å². The van der Waals surface area contributed by atoms with Crippen molar-refractivity contribution in [3.63, 3.8) is 0 Å². The summed E-state index contributed by atoms with van der Waals surface area (Å²) >= 11 is 0. The fraction of sp³-hybridized carbons (Fsp3) is 0.857. The van der Waals surface area contributed by atoms with Crippen LogP contribution in [0.25, 0.3) is 0 Å². The lowest BCUT2D eigenvalue weighted by atomic mass is 10.0. The van der Waals surface area contributed by atoms with E-state index in [9.17, 15) is 4.79 Å². The Labute approximate surface area is 61.2 Å². The summed E-state index contributed by atoms with van der Waals surface area (Å²) in [6.07, 6.45) is 0. The Kier molecular flexibility index (Phi) is 2.40. The highest BCUT2D eigenvalue weighted by Gasteiger charge is 2.28. The van der Waals surface area contributed by atoms with Gasteiger partial charge in [0.15, 0.2) is 0 Å². The lowest BCUT2D eigenvalue weighted by Gasteiger charge is -2.13. The van der Waals surface area contributed by atoms with Gasteiger partial charge in [0.2, 0.25) is 0 Å². The molecule has 2 atom stereocenters. The number of carbonyl (C=O) groups is 1. The average Bonchev–Trinajstić information content (AvgIpc) is 2.33. The van der Waals surface area contributed by atoms with E-state index in [1.807, 2.05) is 7.05 Å². The maximum atomic E-state index is 10.9. The Morgan fingerprint density at radius 3 is 2.70 bits per heavy atom. The van der Waals surface area contributed by atoms with Crippen molar-refractivity contribution in [2.75, 3.05) is 20.1 Å². The predicted molar refractivity (Wildman–Crippen MR) is 39.9 cm³/mol. The molecule has 1 saturated heterocycles. The Morgan fingerprint density at radius 2 is 2.30 bits per heavy atom. The van der Waals surface area contributed by atoms with E-state index in [4.69, 9.17) is 0 Å². The third-order valence-corrected chi connectivity index (χ3v) is 2.11. The molecule has 0 unspecified atom stereocenters. The van der Waals surface area contributed by atoms with Gasteiger partial charge < -0.3 is 10.6 Å². The first-order valence-corrected chi connectivity index (χ1v) is 3.64. The number of hydrogen-bond donors (Lipinski definition) is 2. The van der Waals surface area contributed by atoms with E-state index in [0.29, 0.717) is 6.04 Å². The lowest BCUT2D eigenvalue weighted by Crippen LogP contribution is -2.36. The first-order chi connectivity index (χ1) is 4.75. The van der Waals surface area contributed by atoms with Gasteiger partial charge in [-0.2, -0.15) is 0 Å². The van der Waals surface area contributed by atoms with E-state index in [1.54, 1.807) is 6.92 Å². The van der Waals surface area contributed by atoms with Gasteiger partial charge in [-0.1, -0.05) is 0 Å². The second kappa shape index (κ2) is 3.12. The molecule has 0 aliphatic carbocycles. The fourth-order valence-corrected chi connectivity index (χ4v) is 1.41. The van der Waals surface area contributed by atoms with Crippen molar-refractivity contribution in [3.05, 3.63) is 0 Å². The monoisotopic (exact) mass is 142 g/mol. The zero-order valence-corrected chi connectivity index (χ0v) is 6.48. The number of rotatable bonds is 2. The maximum Gasteiger partial charge on any atom is 0.135 e. The minimum Gasteiger partial charge on any atom is -0.315 e. The van der Waals surface area contributed by atoms with Crippen LogP contribution in [0.2, 0.25) is 0 Å². The molecule has 0 radical (unpaired) electrons. The van der Waals surface area contributed by atoms with Crippen LogP contribution in [0.15, 0.2) is 0 Å². The Bertz CT molecular complexity index is 136. The summed E-state index contributed by atoms with van der Waals surface area (Å²) in [5.41, 5.74) is 0. The summed E-state index contributed by atoms with van der Waals surface area (Å²) in [6.45, 7) is 3.41. The first-order valence-electron chi connectivity index (χ1n) is 3.64. The topological polar surface area (TPSA) is 41.1 Å². The molecule has 0 bridgehead atoms. The summed E-state index contributed by atoms with van der Waals surface area (Å²) in [4.78, 5) is 10.9. The maximum absolute atomic E-state index is 10.9. The molecule has 1 fully saturated rings. The molecule has 1 heterocycles. The summed E-state index contributed by atoms with van der Waals surface area (Å²) in [7, 11) is 1.90. The van der Waals surface area contributed by atoms with E-state index in [-0.39, 0.29) is 11.7 Å². The van der Waals surface area contributed by atoms with Crippen LogP contribution in [0.1, 0.15) is 6.92 Å². The van der Waals surface area contributed by atoms with Crippen LogP contribution in [-0.2, 0) is 4.79 Å². The van der Waals surface area contributed by atoms with Crippen molar-refractivity contribution in [2.24, 2.45) is 5.92 Å². The highest BCUT2D eigenvalue weighted by Crippen LogP contribution is 2.08. The molecule has 2 N–H and O–H groups in total. The Hall–Kier alpha value is -0.410. The molecule has 3 heteroatoms. The molecule has 0 aromatic heterocycles.